The van der Waals surface area contributed by atoms with Gasteiger partial charge in [0.1, 0.15) is 12.4 Å². The molecule has 1 aromatic rings. The number of hydrogen-bond acceptors (Lipinski definition) is 0. The molecule has 0 bridgehead atoms. The predicted octanol–water partition coefficient (Wildman–Crippen LogP) is 11.5. The largest absolute Gasteiger partial charge is 0.256 e. The van der Waals surface area contributed by atoms with Crippen LogP contribution in [0.5, 0.6) is 0 Å². The molecule has 0 radical (unpaired) electrons. The molecule has 0 saturated carbocycles. The van der Waals surface area contributed by atoms with Crippen LogP contribution in [-0.4, -0.2) is 4.57 Å². The summed E-state index contributed by atoms with van der Waals surface area (Å²) in [6.07, 6.45) is 43.1. The van der Waals surface area contributed by atoms with Crippen molar-refractivity contribution in [1.82, 2.24) is 4.57 Å². The Morgan fingerprint density at radius 1 is 0.459 bits per heavy atom. The third-order valence-electron chi connectivity index (χ3n) is 8.31. The summed E-state index contributed by atoms with van der Waals surface area (Å²) in [5, 5.41) is 0. The lowest BCUT2D eigenvalue weighted by molar-refractivity contribution is -0.704. The van der Waals surface area contributed by atoms with Gasteiger partial charge >= 0.3 is 0 Å². The van der Waals surface area contributed by atoms with Crippen LogP contribution in [0.1, 0.15) is 194 Å². The van der Waals surface area contributed by atoms with Gasteiger partial charge in [-0.25, -0.2) is 9.13 Å². The molecule has 0 N–H and O–H groups in total. The zero-order valence-corrected chi connectivity index (χ0v) is 26.1. The molecule has 0 atom stereocenters. The molecular formula is C35H69N2+. The van der Waals surface area contributed by atoms with Crippen LogP contribution in [0.3, 0.4) is 0 Å². The molecular weight excluding hydrogens is 448 g/mol. The molecule has 2 nitrogen and oxygen atoms in total. The van der Waals surface area contributed by atoms with E-state index < -0.39 is 0 Å². The van der Waals surface area contributed by atoms with Gasteiger partial charge in [-0.15, -0.1) is 0 Å². The fraction of sp³-hybridized carbons (Fsp3) is 0.914. The van der Waals surface area contributed by atoms with Crippen molar-refractivity contribution in [2.75, 3.05) is 0 Å². The highest BCUT2D eigenvalue weighted by atomic mass is 15.1. The summed E-state index contributed by atoms with van der Waals surface area (Å²) in [6.45, 7) is 9.33. The quantitative estimate of drug-likeness (QED) is 0.0737. The van der Waals surface area contributed by atoms with Gasteiger partial charge in [-0.2, -0.15) is 0 Å². The Kier molecular flexibility index (Phi) is 24.8. The maximum Gasteiger partial charge on any atom is 0.256 e. The number of imidazole rings is 1. The molecule has 0 unspecified atom stereocenters. The predicted molar refractivity (Wildman–Crippen MR) is 165 cm³/mol. The molecule has 0 fully saturated rings. The second-order valence-electron chi connectivity index (χ2n) is 12.0. The molecule has 0 aliphatic rings. The lowest BCUT2D eigenvalue weighted by Gasteiger charge is -2.06. The van der Waals surface area contributed by atoms with E-state index >= 15 is 0 Å². The van der Waals surface area contributed by atoms with Crippen molar-refractivity contribution in [1.29, 1.82) is 0 Å². The topological polar surface area (TPSA) is 8.81 Å². The Morgan fingerprint density at radius 3 is 1.24 bits per heavy atom. The van der Waals surface area contributed by atoms with Crippen LogP contribution >= 0.6 is 0 Å². The highest BCUT2D eigenvalue weighted by Crippen LogP contribution is 2.14. The molecule has 2 heteroatoms. The van der Waals surface area contributed by atoms with E-state index in [0.29, 0.717) is 0 Å². The van der Waals surface area contributed by atoms with E-state index in [0.717, 1.165) is 0 Å². The number of unbranched alkanes of at least 4 members (excludes halogenated alkanes) is 23. The van der Waals surface area contributed by atoms with E-state index in [1.165, 1.54) is 186 Å². The second-order valence-corrected chi connectivity index (χ2v) is 12.0. The van der Waals surface area contributed by atoms with Gasteiger partial charge in [0.25, 0.3) is 5.82 Å². The summed E-state index contributed by atoms with van der Waals surface area (Å²) in [6, 6.07) is 0. The number of hydrogen-bond donors (Lipinski definition) is 0. The Morgan fingerprint density at radius 2 is 0.838 bits per heavy atom. The van der Waals surface area contributed by atoms with Crippen molar-refractivity contribution < 1.29 is 4.57 Å². The smallest absolute Gasteiger partial charge is 0.234 e. The van der Waals surface area contributed by atoms with Crippen molar-refractivity contribution in [3.05, 3.63) is 18.2 Å². The zero-order chi connectivity index (χ0) is 26.7. The van der Waals surface area contributed by atoms with Crippen LogP contribution in [0.4, 0.5) is 0 Å². The Bertz CT molecular complexity index is 576. The van der Waals surface area contributed by atoms with Gasteiger partial charge in [0.05, 0.1) is 13.1 Å². The lowest BCUT2D eigenvalue weighted by atomic mass is 10.0. The normalized spacial score (nSPS) is 11.5. The van der Waals surface area contributed by atoms with E-state index in [-0.39, 0.29) is 0 Å². The molecule has 1 aromatic heterocycles. The van der Waals surface area contributed by atoms with Gasteiger partial charge in [-0.3, -0.25) is 0 Å². The molecule has 218 valence electrons. The van der Waals surface area contributed by atoms with Gasteiger partial charge in [0.15, 0.2) is 0 Å². The van der Waals surface area contributed by atoms with Gasteiger partial charge in [-0.1, -0.05) is 162 Å². The molecule has 1 heterocycles. The minimum atomic E-state index is 1.18. The van der Waals surface area contributed by atoms with E-state index in [9.17, 15) is 0 Å². The van der Waals surface area contributed by atoms with E-state index in [1.807, 2.05) is 0 Å². The SMILES string of the molecule is CCCCCCCCCCCCCCCC[n+]1ccn(CCC)c1CCCCCCCCCCCCC. The number of nitrogens with zero attached hydrogens (tertiary/aromatic N) is 2. The number of aryl methyl sites for hydroxylation is 2. The summed E-state index contributed by atoms with van der Waals surface area (Å²) >= 11 is 0. The first-order valence-corrected chi connectivity index (χ1v) is 17.4. The summed E-state index contributed by atoms with van der Waals surface area (Å²) in [7, 11) is 0. The summed E-state index contributed by atoms with van der Waals surface area (Å²) in [5.74, 6) is 1.59. The fourth-order valence-electron chi connectivity index (χ4n) is 5.86. The first-order chi connectivity index (χ1) is 18.3. The molecule has 0 aromatic carbocycles. The molecule has 0 spiro atoms. The Labute approximate surface area is 234 Å². The molecule has 37 heavy (non-hydrogen) atoms. The average molecular weight is 518 g/mol. The highest BCUT2D eigenvalue weighted by Gasteiger charge is 2.15. The van der Waals surface area contributed by atoms with Crippen molar-refractivity contribution >= 4 is 0 Å². The molecule has 0 amide bonds. The fourth-order valence-corrected chi connectivity index (χ4v) is 5.86. The minimum absolute atomic E-state index is 1.18. The number of rotatable bonds is 29. The van der Waals surface area contributed by atoms with E-state index in [1.54, 1.807) is 5.82 Å². The van der Waals surface area contributed by atoms with E-state index in [2.05, 4.69) is 42.3 Å². The average Bonchev–Trinajstić information content (AvgIpc) is 3.28. The van der Waals surface area contributed by atoms with Crippen LogP contribution in [0.2, 0.25) is 0 Å². The maximum absolute atomic E-state index is 2.59. The standard InChI is InChI=1S/C35H69N2/c1-4-7-9-11-13-15-17-18-19-21-23-25-27-29-32-37-34-33-36(31-6-3)35(37)30-28-26-24-22-20-16-14-12-10-8-5-2/h33-34H,4-32H2,1-3H3/q+1. The Balaban J connectivity index is 2.07. The monoisotopic (exact) mass is 518 g/mol. The van der Waals surface area contributed by atoms with Gasteiger partial charge in [0.2, 0.25) is 0 Å². The van der Waals surface area contributed by atoms with Gasteiger partial charge in [-0.05, 0) is 25.7 Å². The van der Waals surface area contributed by atoms with Gasteiger partial charge in [0, 0.05) is 6.42 Å². The maximum atomic E-state index is 2.59. The second kappa shape index (κ2) is 26.8. The summed E-state index contributed by atoms with van der Waals surface area (Å²) in [5.41, 5.74) is 0. The molecule has 0 aliphatic heterocycles. The van der Waals surface area contributed by atoms with Crippen molar-refractivity contribution in [3.63, 3.8) is 0 Å². The van der Waals surface area contributed by atoms with Crippen LogP contribution < -0.4 is 4.57 Å². The minimum Gasteiger partial charge on any atom is -0.234 e. The highest BCUT2D eigenvalue weighted by molar-refractivity contribution is 4.84. The summed E-state index contributed by atoms with van der Waals surface area (Å²) < 4.78 is 5.13. The van der Waals surface area contributed by atoms with Crippen molar-refractivity contribution in [3.8, 4) is 0 Å². The van der Waals surface area contributed by atoms with Gasteiger partial charge < -0.3 is 0 Å². The van der Waals surface area contributed by atoms with Crippen LogP contribution in [-0.2, 0) is 19.5 Å². The first kappa shape index (κ1) is 34.2. The summed E-state index contributed by atoms with van der Waals surface area (Å²) in [4.78, 5) is 0. The zero-order valence-electron chi connectivity index (χ0n) is 26.1. The third kappa shape index (κ3) is 19.9. The van der Waals surface area contributed by atoms with E-state index in [4.69, 9.17) is 0 Å². The molecule has 0 aliphatic carbocycles. The van der Waals surface area contributed by atoms with Crippen LogP contribution in [0, 0.1) is 0 Å². The Hall–Kier alpha value is -0.790. The molecule has 0 saturated heterocycles. The van der Waals surface area contributed by atoms with Crippen LogP contribution in [0.25, 0.3) is 0 Å². The first-order valence-electron chi connectivity index (χ1n) is 17.4. The van der Waals surface area contributed by atoms with Crippen molar-refractivity contribution in [2.45, 2.75) is 207 Å². The van der Waals surface area contributed by atoms with Crippen LogP contribution in [0.15, 0.2) is 12.4 Å². The van der Waals surface area contributed by atoms with Crippen molar-refractivity contribution in [2.24, 2.45) is 0 Å². The lowest BCUT2D eigenvalue weighted by Crippen LogP contribution is -2.37. The molecule has 1 rings (SSSR count). The third-order valence-corrected chi connectivity index (χ3v) is 8.31. The number of aromatic nitrogens is 2.